The number of rotatable bonds is 6. The number of aliphatic hydroxyl groups is 1. The summed E-state index contributed by atoms with van der Waals surface area (Å²) in [5.74, 6) is 5.42. The first kappa shape index (κ1) is 14.5. The topological polar surface area (TPSA) is 29.5 Å². The van der Waals surface area contributed by atoms with Crippen LogP contribution in [0.4, 0.5) is 4.39 Å². The van der Waals surface area contributed by atoms with Crippen LogP contribution in [0.25, 0.3) is 0 Å². The van der Waals surface area contributed by atoms with Gasteiger partial charge in [-0.1, -0.05) is 38.0 Å². The predicted molar refractivity (Wildman–Crippen MR) is 70.0 cm³/mol. The van der Waals surface area contributed by atoms with Gasteiger partial charge in [-0.15, -0.1) is 0 Å². The fourth-order valence-electron chi connectivity index (χ4n) is 1.57. The number of ether oxygens (including phenoxy) is 1. The van der Waals surface area contributed by atoms with Crippen molar-refractivity contribution in [3.63, 3.8) is 0 Å². The number of hydrogen-bond acceptors (Lipinski definition) is 2. The van der Waals surface area contributed by atoms with Crippen molar-refractivity contribution in [2.75, 3.05) is 13.2 Å². The minimum Gasteiger partial charge on any atom is -0.492 e. The standard InChI is InChI=1S/C15H19FO2/c1-2-3-4-5-11-18-15-9-8-14(16)12-13(15)7-6-10-17/h8-9,12,17H,2-5,10-11H2,1H3. The van der Waals surface area contributed by atoms with Crippen molar-refractivity contribution in [1.29, 1.82) is 0 Å². The Morgan fingerprint density at radius 2 is 2.11 bits per heavy atom. The molecule has 0 fully saturated rings. The minimum absolute atomic E-state index is 0.244. The van der Waals surface area contributed by atoms with Crippen LogP contribution < -0.4 is 4.74 Å². The molecule has 0 aromatic heterocycles. The summed E-state index contributed by atoms with van der Waals surface area (Å²) in [6.07, 6.45) is 4.50. The Bertz CT molecular complexity index is 418. The molecule has 2 nitrogen and oxygen atoms in total. The zero-order valence-corrected chi connectivity index (χ0v) is 10.7. The third-order valence-electron chi connectivity index (χ3n) is 2.50. The van der Waals surface area contributed by atoms with Crippen molar-refractivity contribution in [3.8, 4) is 17.6 Å². The van der Waals surface area contributed by atoms with Crippen molar-refractivity contribution in [1.82, 2.24) is 0 Å². The third kappa shape index (κ3) is 5.20. The molecule has 0 aliphatic heterocycles. The molecule has 0 heterocycles. The van der Waals surface area contributed by atoms with Crippen LogP contribution in [0, 0.1) is 17.7 Å². The van der Waals surface area contributed by atoms with E-state index in [4.69, 9.17) is 9.84 Å². The average Bonchev–Trinajstić information content (AvgIpc) is 2.38. The Morgan fingerprint density at radius 3 is 2.83 bits per heavy atom. The Balaban J connectivity index is 2.58. The number of aliphatic hydroxyl groups excluding tert-OH is 1. The molecule has 98 valence electrons. The van der Waals surface area contributed by atoms with Gasteiger partial charge in [0.15, 0.2) is 0 Å². The highest BCUT2D eigenvalue weighted by molar-refractivity contribution is 5.46. The molecule has 3 heteroatoms. The second-order valence-electron chi connectivity index (χ2n) is 4.01. The van der Waals surface area contributed by atoms with Gasteiger partial charge in [-0.05, 0) is 24.6 Å². The van der Waals surface area contributed by atoms with Gasteiger partial charge >= 0.3 is 0 Å². The van der Waals surface area contributed by atoms with Gasteiger partial charge in [-0.2, -0.15) is 0 Å². The predicted octanol–water partition coefficient (Wildman–Crippen LogP) is 3.13. The molecule has 0 saturated heterocycles. The summed E-state index contributed by atoms with van der Waals surface area (Å²) in [6.45, 7) is 2.52. The van der Waals surface area contributed by atoms with Gasteiger partial charge in [-0.25, -0.2) is 4.39 Å². The van der Waals surface area contributed by atoms with Crippen LogP contribution in [0.5, 0.6) is 5.75 Å². The first-order valence-electron chi connectivity index (χ1n) is 6.30. The molecule has 0 saturated carbocycles. The highest BCUT2D eigenvalue weighted by Crippen LogP contribution is 2.19. The molecular weight excluding hydrogens is 231 g/mol. The van der Waals surface area contributed by atoms with E-state index in [0.717, 1.165) is 12.8 Å². The van der Waals surface area contributed by atoms with Gasteiger partial charge < -0.3 is 9.84 Å². The summed E-state index contributed by atoms with van der Waals surface area (Å²) in [5.41, 5.74) is 0.486. The van der Waals surface area contributed by atoms with Crippen molar-refractivity contribution in [2.45, 2.75) is 32.6 Å². The summed E-state index contributed by atoms with van der Waals surface area (Å²) in [7, 11) is 0. The zero-order chi connectivity index (χ0) is 13.2. The number of unbranched alkanes of at least 4 members (excludes halogenated alkanes) is 3. The fraction of sp³-hybridized carbons (Fsp3) is 0.467. The van der Waals surface area contributed by atoms with E-state index in [-0.39, 0.29) is 12.4 Å². The maximum Gasteiger partial charge on any atom is 0.135 e. The summed E-state index contributed by atoms with van der Waals surface area (Å²) in [4.78, 5) is 0. The monoisotopic (exact) mass is 250 g/mol. The summed E-state index contributed by atoms with van der Waals surface area (Å²) in [5, 5.41) is 8.65. The molecule has 1 rings (SSSR count). The molecule has 1 N–H and O–H groups in total. The van der Waals surface area contributed by atoms with E-state index in [0.29, 0.717) is 17.9 Å². The van der Waals surface area contributed by atoms with E-state index in [2.05, 4.69) is 18.8 Å². The van der Waals surface area contributed by atoms with Crippen LogP contribution in [0.15, 0.2) is 18.2 Å². The summed E-state index contributed by atoms with van der Waals surface area (Å²) < 4.78 is 18.7. The molecule has 1 aromatic rings. The summed E-state index contributed by atoms with van der Waals surface area (Å²) >= 11 is 0. The molecule has 0 bridgehead atoms. The fourth-order valence-corrected chi connectivity index (χ4v) is 1.57. The SMILES string of the molecule is CCCCCCOc1ccc(F)cc1C#CCO. The lowest BCUT2D eigenvalue weighted by Crippen LogP contribution is -1.99. The molecule has 0 radical (unpaired) electrons. The van der Waals surface area contributed by atoms with E-state index in [1.54, 1.807) is 6.07 Å². The largest absolute Gasteiger partial charge is 0.492 e. The van der Waals surface area contributed by atoms with Crippen LogP contribution in [0.2, 0.25) is 0 Å². The van der Waals surface area contributed by atoms with Crippen LogP contribution in [-0.2, 0) is 0 Å². The highest BCUT2D eigenvalue weighted by Gasteiger charge is 2.03. The first-order chi connectivity index (χ1) is 8.77. The van der Waals surface area contributed by atoms with E-state index in [9.17, 15) is 4.39 Å². The lowest BCUT2D eigenvalue weighted by Gasteiger charge is -2.08. The van der Waals surface area contributed by atoms with Crippen LogP contribution in [-0.4, -0.2) is 18.3 Å². The lowest BCUT2D eigenvalue weighted by molar-refractivity contribution is 0.304. The van der Waals surface area contributed by atoms with E-state index >= 15 is 0 Å². The molecule has 18 heavy (non-hydrogen) atoms. The second-order valence-corrected chi connectivity index (χ2v) is 4.01. The molecule has 0 atom stereocenters. The first-order valence-corrected chi connectivity index (χ1v) is 6.30. The molecule has 0 spiro atoms. The smallest absolute Gasteiger partial charge is 0.135 e. The van der Waals surface area contributed by atoms with Gasteiger partial charge in [0.05, 0.1) is 12.2 Å². The van der Waals surface area contributed by atoms with Crippen molar-refractivity contribution in [3.05, 3.63) is 29.6 Å². The van der Waals surface area contributed by atoms with Crippen molar-refractivity contribution < 1.29 is 14.2 Å². The molecule has 0 unspecified atom stereocenters. The Labute approximate surface area is 108 Å². The lowest BCUT2D eigenvalue weighted by atomic mass is 10.2. The molecule has 0 aliphatic rings. The molecule has 0 amide bonds. The number of benzene rings is 1. The van der Waals surface area contributed by atoms with E-state index in [1.165, 1.54) is 25.0 Å². The normalized spacial score (nSPS) is 9.72. The van der Waals surface area contributed by atoms with E-state index in [1.807, 2.05) is 0 Å². The van der Waals surface area contributed by atoms with Gasteiger partial charge in [0.2, 0.25) is 0 Å². The number of hydrogen-bond donors (Lipinski definition) is 1. The Kier molecular flexibility index (Phi) is 6.90. The Morgan fingerprint density at radius 1 is 1.28 bits per heavy atom. The van der Waals surface area contributed by atoms with E-state index < -0.39 is 0 Å². The molecule has 0 aliphatic carbocycles. The summed E-state index contributed by atoms with van der Waals surface area (Å²) in [6, 6.07) is 4.26. The second kappa shape index (κ2) is 8.54. The van der Waals surface area contributed by atoms with Crippen LogP contribution >= 0.6 is 0 Å². The molecular formula is C15H19FO2. The van der Waals surface area contributed by atoms with Crippen molar-refractivity contribution in [2.24, 2.45) is 0 Å². The molecule has 1 aromatic carbocycles. The maximum absolute atomic E-state index is 13.1. The van der Waals surface area contributed by atoms with Crippen molar-refractivity contribution >= 4 is 0 Å². The third-order valence-corrected chi connectivity index (χ3v) is 2.50. The zero-order valence-electron chi connectivity index (χ0n) is 10.7. The van der Waals surface area contributed by atoms with Gasteiger partial charge in [-0.3, -0.25) is 0 Å². The Hall–Kier alpha value is -1.53. The minimum atomic E-state index is -0.351. The number of halogens is 1. The van der Waals surface area contributed by atoms with Gasteiger partial charge in [0.1, 0.15) is 18.2 Å². The van der Waals surface area contributed by atoms with Crippen LogP contribution in [0.3, 0.4) is 0 Å². The maximum atomic E-state index is 13.1. The quantitative estimate of drug-likeness (QED) is 0.621. The van der Waals surface area contributed by atoms with Gasteiger partial charge in [0.25, 0.3) is 0 Å². The highest BCUT2D eigenvalue weighted by atomic mass is 19.1. The average molecular weight is 250 g/mol. The van der Waals surface area contributed by atoms with Gasteiger partial charge in [0, 0.05) is 0 Å². The van der Waals surface area contributed by atoms with Crippen LogP contribution in [0.1, 0.15) is 38.2 Å².